The fourth-order valence-electron chi connectivity index (χ4n) is 2.77. The predicted octanol–water partition coefficient (Wildman–Crippen LogP) is 3.86. The highest BCUT2D eigenvalue weighted by molar-refractivity contribution is 5.44. The molecule has 0 unspecified atom stereocenters. The van der Waals surface area contributed by atoms with Crippen molar-refractivity contribution in [3.8, 4) is 5.75 Å². The Balaban J connectivity index is 1.99. The quantitative estimate of drug-likeness (QED) is 0.915. The lowest BCUT2D eigenvalue weighted by Crippen LogP contribution is -2.35. The predicted molar refractivity (Wildman–Crippen MR) is 76.0 cm³/mol. The minimum absolute atomic E-state index is 0.106. The first kappa shape index (κ1) is 14.7. The Morgan fingerprint density at radius 1 is 1.32 bits per heavy atom. The van der Waals surface area contributed by atoms with Crippen LogP contribution in [0.15, 0.2) is 30.3 Å². The number of rotatable bonds is 2. The fourth-order valence-corrected chi connectivity index (χ4v) is 2.77. The molecule has 2 aromatic rings. The lowest BCUT2D eigenvalue weighted by Gasteiger charge is -2.33. The van der Waals surface area contributed by atoms with Crippen molar-refractivity contribution in [3.05, 3.63) is 41.6 Å². The lowest BCUT2D eigenvalue weighted by molar-refractivity contribution is -0.173. The fraction of sp³-hybridized carbons (Fsp3) is 0.400. The largest absolute Gasteiger partial charge is 0.497 e. The molecule has 0 radical (unpaired) electrons. The molecule has 1 N–H and O–H groups in total. The second-order valence-corrected chi connectivity index (χ2v) is 5.38. The number of hydrogen-bond donors (Lipinski definition) is 1. The molecule has 1 aliphatic heterocycles. The van der Waals surface area contributed by atoms with Gasteiger partial charge in [-0.1, -0.05) is 12.1 Å². The molecule has 1 aromatic carbocycles. The van der Waals surface area contributed by atoms with Crippen molar-refractivity contribution in [2.45, 2.75) is 31.6 Å². The van der Waals surface area contributed by atoms with E-state index in [1.165, 1.54) is 7.11 Å². The number of methoxy groups -OCH3 is 1. The number of nitrogens with zero attached hydrogens (tertiary/aromatic N) is 2. The molecule has 0 amide bonds. The van der Waals surface area contributed by atoms with Gasteiger partial charge in [0.2, 0.25) is 0 Å². The minimum atomic E-state index is -4.34. The summed E-state index contributed by atoms with van der Waals surface area (Å²) in [6.07, 6.45) is -4.45. The van der Waals surface area contributed by atoms with Gasteiger partial charge in [0, 0.05) is 12.5 Å². The summed E-state index contributed by atoms with van der Waals surface area (Å²) in [6.45, 7) is 1.68. The van der Waals surface area contributed by atoms with Gasteiger partial charge in [-0.2, -0.15) is 18.3 Å². The molecule has 0 bridgehead atoms. The second kappa shape index (κ2) is 5.23. The Hall–Kier alpha value is -2.18. The van der Waals surface area contributed by atoms with Gasteiger partial charge < -0.3 is 10.1 Å². The van der Waals surface area contributed by atoms with E-state index in [4.69, 9.17) is 4.74 Å². The molecule has 0 saturated carbocycles. The maximum atomic E-state index is 13.4. The van der Waals surface area contributed by atoms with Gasteiger partial charge in [-0.3, -0.25) is 0 Å². The zero-order valence-electron chi connectivity index (χ0n) is 12.2. The molecule has 3 rings (SSSR count). The van der Waals surface area contributed by atoms with E-state index in [1.54, 1.807) is 37.3 Å². The number of halogens is 3. The van der Waals surface area contributed by atoms with Gasteiger partial charge in [0.1, 0.15) is 11.6 Å². The van der Waals surface area contributed by atoms with Crippen LogP contribution in [0.5, 0.6) is 5.75 Å². The van der Waals surface area contributed by atoms with Gasteiger partial charge in [0.15, 0.2) is 6.04 Å². The van der Waals surface area contributed by atoms with E-state index in [2.05, 4.69) is 10.4 Å². The van der Waals surface area contributed by atoms with Gasteiger partial charge in [0.05, 0.1) is 18.8 Å². The number of ether oxygens (including phenoxy) is 1. The van der Waals surface area contributed by atoms with Crippen molar-refractivity contribution in [1.29, 1.82) is 0 Å². The van der Waals surface area contributed by atoms with Crippen LogP contribution in [-0.2, 0) is 0 Å². The summed E-state index contributed by atoms with van der Waals surface area (Å²) in [6, 6.07) is 6.65. The maximum Gasteiger partial charge on any atom is 0.410 e. The number of alkyl halides is 3. The highest BCUT2D eigenvalue weighted by Crippen LogP contribution is 2.43. The molecule has 0 aliphatic carbocycles. The molecule has 1 aliphatic rings. The van der Waals surface area contributed by atoms with E-state index >= 15 is 0 Å². The first-order valence-electron chi connectivity index (χ1n) is 6.92. The van der Waals surface area contributed by atoms with E-state index in [-0.39, 0.29) is 6.42 Å². The van der Waals surface area contributed by atoms with Crippen LogP contribution >= 0.6 is 0 Å². The van der Waals surface area contributed by atoms with Crippen molar-refractivity contribution in [2.24, 2.45) is 0 Å². The monoisotopic (exact) mass is 311 g/mol. The number of aromatic nitrogens is 2. The van der Waals surface area contributed by atoms with Crippen molar-refractivity contribution < 1.29 is 17.9 Å². The molecule has 7 heteroatoms. The van der Waals surface area contributed by atoms with E-state index in [9.17, 15) is 13.2 Å². The summed E-state index contributed by atoms with van der Waals surface area (Å²) < 4.78 is 46.2. The summed E-state index contributed by atoms with van der Waals surface area (Å²) in [7, 11) is 1.53. The molecular formula is C15H16F3N3O. The van der Waals surface area contributed by atoms with E-state index in [0.717, 1.165) is 10.2 Å². The van der Waals surface area contributed by atoms with Crippen molar-refractivity contribution >= 4 is 5.82 Å². The summed E-state index contributed by atoms with van der Waals surface area (Å²) in [5, 5.41) is 7.10. The molecule has 2 heterocycles. The molecule has 0 saturated heterocycles. The van der Waals surface area contributed by atoms with Gasteiger partial charge in [-0.25, -0.2) is 4.68 Å². The normalized spacial score (nSPS) is 21.1. The molecular weight excluding hydrogens is 295 g/mol. The van der Waals surface area contributed by atoms with Gasteiger partial charge in [0.25, 0.3) is 0 Å². The van der Waals surface area contributed by atoms with Gasteiger partial charge >= 0.3 is 6.18 Å². The van der Waals surface area contributed by atoms with Crippen LogP contribution in [0.1, 0.15) is 29.8 Å². The van der Waals surface area contributed by atoms with Gasteiger partial charge in [-0.05, 0) is 24.6 Å². The van der Waals surface area contributed by atoms with E-state index < -0.39 is 18.3 Å². The van der Waals surface area contributed by atoms with Gasteiger partial charge in [-0.15, -0.1) is 0 Å². The third-order valence-corrected chi connectivity index (χ3v) is 3.81. The molecule has 0 spiro atoms. The van der Waals surface area contributed by atoms with Crippen LogP contribution in [0.2, 0.25) is 0 Å². The molecule has 118 valence electrons. The molecule has 2 atom stereocenters. The molecule has 1 aromatic heterocycles. The van der Waals surface area contributed by atoms with E-state index in [1.807, 2.05) is 0 Å². The summed E-state index contributed by atoms with van der Waals surface area (Å²) in [5.74, 6) is 1.01. The summed E-state index contributed by atoms with van der Waals surface area (Å²) >= 11 is 0. The van der Waals surface area contributed by atoms with Crippen LogP contribution in [0.4, 0.5) is 19.0 Å². The molecule has 0 fully saturated rings. The number of fused-ring (bicyclic) bond motifs is 1. The standard InChI is InChI=1S/C15H16F3N3O/c1-9-6-14-19-12(10-4-3-5-11(7-10)22-2)8-13(15(16,17)18)21(14)20-9/h3-7,12-13,19H,8H2,1-2H3/t12-,13+/m1/s1. The van der Waals surface area contributed by atoms with Crippen molar-refractivity contribution in [1.82, 2.24) is 9.78 Å². The number of hydrogen-bond acceptors (Lipinski definition) is 3. The van der Waals surface area contributed by atoms with Crippen molar-refractivity contribution in [3.63, 3.8) is 0 Å². The maximum absolute atomic E-state index is 13.4. The van der Waals surface area contributed by atoms with Crippen LogP contribution in [0.25, 0.3) is 0 Å². The average molecular weight is 311 g/mol. The number of nitrogens with one attached hydrogen (secondary N) is 1. The highest BCUT2D eigenvalue weighted by atomic mass is 19.4. The van der Waals surface area contributed by atoms with Crippen LogP contribution in [0.3, 0.4) is 0 Å². The SMILES string of the molecule is COc1cccc([C@H]2C[C@@H](C(F)(F)F)n3nc(C)cc3N2)c1. The Morgan fingerprint density at radius 2 is 2.09 bits per heavy atom. The first-order chi connectivity index (χ1) is 10.4. The Kier molecular flexibility index (Phi) is 3.50. The van der Waals surface area contributed by atoms with Crippen LogP contribution < -0.4 is 10.1 Å². The first-order valence-corrected chi connectivity index (χ1v) is 6.92. The molecule has 4 nitrogen and oxygen atoms in total. The minimum Gasteiger partial charge on any atom is -0.497 e. The number of aryl methyl sites for hydroxylation is 1. The average Bonchev–Trinajstić information content (AvgIpc) is 2.85. The Labute approximate surface area is 125 Å². The summed E-state index contributed by atoms with van der Waals surface area (Å²) in [5.41, 5.74) is 1.32. The third kappa shape index (κ3) is 2.63. The molecule has 22 heavy (non-hydrogen) atoms. The van der Waals surface area contributed by atoms with E-state index in [0.29, 0.717) is 17.3 Å². The zero-order valence-corrected chi connectivity index (χ0v) is 12.2. The Morgan fingerprint density at radius 3 is 2.77 bits per heavy atom. The zero-order chi connectivity index (χ0) is 15.9. The lowest BCUT2D eigenvalue weighted by atomic mass is 9.97. The number of anilines is 1. The Bertz CT molecular complexity index is 681. The van der Waals surface area contributed by atoms with Crippen molar-refractivity contribution in [2.75, 3.05) is 12.4 Å². The van der Waals surface area contributed by atoms with Crippen LogP contribution in [0, 0.1) is 6.92 Å². The third-order valence-electron chi connectivity index (χ3n) is 3.81. The topological polar surface area (TPSA) is 39.1 Å². The second-order valence-electron chi connectivity index (χ2n) is 5.38. The summed E-state index contributed by atoms with van der Waals surface area (Å²) in [4.78, 5) is 0. The van der Waals surface area contributed by atoms with Crippen LogP contribution in [-0.4, -0.2) is 23.1 Å². The number of benzene rings is 1. The smallest absolute Gasteiger partial charge is 0.410 e. The highest BCUT2D eigenvalue weighted by Gasteiger charge is 2.46.